The summed E-state index contributed by atoms with van der Waals surface area (Å²) in [6, 6.07) is 1.72. The summed E-state index contributed by atoms with van der Waals surface area (Å²) in [6.45, 7) is 1.74. The van der Waals surface area contributed by atoms with Crippen LogP contribution in [0.2, 0.25) is 0 Å². The molecule has 0 aliphatic carbocycles. The predicted octanol–water partition coefficient (Wildman–Crippen LogP) is 10.8. The van der Waals surface area contributed by atoms with Gasteiger partial charge in [-0.05, 0) is 44.0 Å². The largest absolute Gasteiger partial charge is 1.00 e. The van der Waals surface area contributed by atoms with Crippen molar-refractivity contribution >= 4 is 50.5 Å². The van der Waals surface area contributed by atoms with Gasteiger partial charge < -0.3 is 56.4 Å². The van der Waals surface area contributed by atoms with Gasteiger partial charge in [0.25, 0.3) is 7.82 Å². The predicted molar refractivity (Wildman–Crippen MR) is 301 cm³/mol. The summed E-state index contributed by atoms with van der Waals surface area (Å²) >= 11 is 0. The number of phosphoric ester groups is 1. The molecule has 20 heteroatoms. The SMILES string of the molecule is CCCCCCCCCCCCCCCCCC(=O)OC[C@H](COP(=O)([O-])OCCNC(=O)OCCNC(=O)CCC1=[N+]2C(=Cc3c(C)cc(C)n3[B-]2(F)F)C=C1)OC(=O)CCCCCCCCCCCCCCCCC.[Na+]. The van der Waals surface area contributed by atoms with Crippen molar-refractivity contribution < 1.29 is 94.6 Å². The van der Waals surface area contributed by atoms with Crippen molar-refractivity contribution in [1.82, 2.24) is 15.1 Å². The Hall–Kier alpha value is -2.86. The normalized spacial score (nSPS) is 14.5. The summed E-state index contributed by atoms with van der Waals surface area (Å²) in [7, 11) is -4.96. The average Bonchev–Trinajstić information content (AvgIpc) is 4.20. The van der Waals surface area contributed by atoms with Gasteiger partial charge in [0.05, 0.1) is 19.8 Å². The number of nitrogens with zero attached hydrogens (tertiary/aromatic N) is 2. The molecule has 0 fully saturated rings. The van der Waals surface area contributed by atoms with Crippen LogP contribution in [0.4, 0.5) is 13.4 Å². The molecular weight excluding hydrogens is 1030 g/mol. The second-order valence-corrected chi connectivity index (χ2v) is 22.7. The molecule has 0 aromatic carbocycles. The molecule has 2 amide bonds. The molecule has 2 aliphatic heterocycles. The van der Waals surface area contributed by atoms with Crippen molar-refractivity contribution in [3.05, 3.63) is 40.9 Å². The Morgan fingerprint density at radius 1 is 0.628 bits per heavy atom. The van der Waals surface area contributed by atoms with E-state index in [-0.39, 0.29) is 81.5 Å². The fraction of sp³-hybridized carbons (Fsp3) is 0.776. The summed E-state index contributed by atoms with van der Waals surface area (Å²) in [6.07, 6.45) is 39.2. The Balaban J connectivity index is 0.0000208. The fourth-order valence-corrected chi connectivity index (χ4v) is 10.8. The standard InChI is InChI=1S/C58H100BF2N4O11P.Na/c1-5-7-9-11-13-15-17-19-21-23-25-27-29-31-33-35-56(67)73-47-53(76-57(68)36-34-32-30-28-26-24-22-20-18-16-14-12-10-8-6-2)48-75-77(70,71)74-44-42-63-58(69)72-43-41-62-55(66)40-39-51-37-38-52-46-54-49(3)45-50(4)64(54)59(60,61)65(51)52;/h37-38,45-46,53H,5-36,39-44,47-48H2,1-4H3,(H,62,66)(H,63,69)(H,70,71);/q;+1/p-1/t53-;/m1./s1. The molecule has 1 aromatic heterocycles. The molecule has 3 rings (SSSR count). The maximum atomic E-state index is 15.7. The Bertz CT molecular complexity index is 2020. The van der Waals surface area contributed by atoms with Crippen LogP contribution in [0.25, 0.3) is 6.08 Å². The van der Waals surface area contributed by atoms with Crippen LogP contribution in [0, 0.1) is 13.8 Å². The molecule has 2 atom stereocenters. The molecular formula is C58H99BF2N4NaO11P. The van der Waals surface area contributed by atoms with Gasteiger partial charge in [0.1, 0.15) is 18.9 Å². The van der Waals surface area contributed by atoms with Crippen LogP contribution in [0.1, 0.15) is 249 Å². The molecule has 0 saturated heterocycles. The molecule has 0 spiro atoms. The van der Waals surface area contributed by atoms with Crippen molar-refractivity contribution in [3.8, 4) is 0 Å². The zero-order valence-electron chi connectivity index (χ0n) is 48.8. The number of aryl methyl sites for hydroxylation is 2. The summed E-state index contributed by atoms with van der Waals surface area (Å²) < 4.78 is 72.1. The van der Waals surface area contributed by atoms with Crippen LogP contribution in [-0.4, -0.2) is 91.2 Å². The quantitative estimate of drug-likeness (QED) is 0.0208. The minimum absolute atomic E-state index is 0. The van der Waals surface area contributed by atoms with Crippen molar-refractivity contribution in [2.24, 2.45) is 0 Å². The molecule has 15 nitrogen and oxygen atoms in total. The number of hydrogen-bond acceptors (Lipinski definition) is 11. The fourth-order valence-electron chi connectivity index (χ4n) is 10.0. The van der Waals surface area contributed by atoms with Gasteiger partial charge in [-0.25, -0.2) is 4.79 Å². The third kappa shape index (κ3) is 30.8. The zero-order valence-corrected chi connectivity index (χ0v) is 51.7. The first kappa shape index (κ1) is 71.2. The number of carbonyl (C=O) groups excluding carboxylic acids is 4. The van der Waals surface area contributed by atoms with Gasteiger partial charge >= 0.3 is 54.6 Å². The third-order valence-corrected chi connectivity index (χ3v) is 15.4. The third-order valence-electron chi connectivity index (χ3n) is 14.4. The molecule has 1 unspecified atom stereocenters. The second kappa shape index (κ2) is 42.9. The van der Waals surface area contributed by atoms with E-state index in [1.54, 1.807) is 38.1 Å². The Morgan fingerprint density at radius 3 is 1.62 bits per heavy atom. The van der Waals surface area contributed by atoms with Crippen molar-refractivity contribution in [1.29, 1.82) is 0 Å². The first-order valence-electron chi connectivity index (χ1n) is 30.1. The van der Waals surface area contributed by atoms with E-state index in [2.05, 4.69) is 24.5 Å². The van der Waals surface area contributed by atoms with E-state index in [9.17, 15) is 28.6 Å². The van der Waals surface area contributed by atoms with E-state index in [4.69, 9.17) is 23.3 Å². The van der Waals surface area contributed by atoms with Crippen LogP contribution in [0.3, 0.4) is 0 Å². The van der Waals surface area contributed by atoms with Gasteiger partial charge in [0, 0.05) is 56.2 Å². The second-order valence-electron chi connectivity index (χ2n) is 21.3. The van der Waals surface area contributed by atoms with Gasteiger partial charge in [-0.2, -0.15) is 0 Å². The Labute approximate surface area is 489 Å². The number of allylic oxidation sites excluding steroid dienone is 2. The van der Waals surface area contributed by atoms with E-state index in [0.717, 1.165) is 53.1 Å². The van der Waals surface area contributed by atoms with Gasteiger partial charge in [-0.1, -0.05) is 194 Å². The number of esters is 2. The molecule has 1 aromatic rings. The van der Waals surface area contributed by atoms with Crippen molar-refractivity contribution in [2.75, 3.05) is 39.5 Å². The van der Waals surface area contributed by atoms with E-state index in [1.807, 2.05) is 0 Å². The van der Waals surface area contributed by atoms with E-state index >= 15 is 8.63 Å². The molecule has 2 aliphatic rings. The van der Waals surface area contributed by atoms with Crippen LogP contribution >= 0.6 is 7.82 Å². The van der Waals surface area contributed by atoms with Crippen LogP contribution in [0.15, 0.2) is 23.9 Å². The van der Waals surface area contributed by atoms with Crippen LogP contribution in [-0.2, 0) is 42.2 Å². The maximum absolute atomic E-state index is 15.7. The molecule has 0 saturated carbocycles. The first-order chi connectivity index (χ1) is 37.2. The monoisotopic (exact) mass is 1130 g/mol. The van der Waals surface area contributed by atoms with Gasteiger partial charge in [0.2, 0.25) is 5.91 Å². The van der Waals surface area contributed by atoms with E-state index in [0.29, 0.717) is 35.6 Å². The molecule has 0 bridgehead atoms. The van der Waals surface area contributed by atoms with Gasteiger partial charge in [0.15, 0.2) is 11.8 Å². The number of amides is 2. The van der Waals surface area contributed by atoms with Gasteiger partial charge in [-0.3, -0.25) is 18.9 Å². The molecule has 2 N–H and O–H groups in total. The number of fused-ring (bicyclic) bond motifs is 2. The number of halogens is 2. The first-order valence-corrected chi connectivity index (χ1v) is 31.5. The molecule has 0 radical (unpaired) electrons. The summed E-state index contributed by atoms with van der Waals surface area (Å²) in [4.78, 5) is 63.0. The van der Waals surface area contributed by atoms with Crippen LogP contribution in [0.5, 0.6) is 0 Å². The van der Waals surface area contributed by atoms with E-state index < -0.39 is 58.0 Å². The molecule has 3 heterocycles. The number of aromatic nitrogens is 1. The minimum atomic E-state index is -4.96. The number of hydrogen-bond donors (Lipinski definition) is 2. The molecule has 78 heavy (non-hydrogen) atoms. The average molecular weight is 1130 g/mol. The zero-order chi connectivity index (χ0) is 56.0. The maximum Gasteiger partial charge on any atom is 1.00 e. The summed E-state index contributed by atoms with van der Waals surface area (Å²) in [5.41, 5.74) is 2.38. The number of nitrogens with one attached hydrogen (secondary N) is 2. The smallest absolute Gasteiger partial charge is 0.756 e. The Morgan fingerprint density at radius 2 is 1.10 bits per heavy atom. The summed E-state index contributed by atoms with van der Waals surface area (Å²) in [5, 5.41) is 4.94. The minimum Gasteiger partial charge on any atom is -0.756 e. The van der Waals surface area contributed by atoms with Crippen LogP contribution < -0.4 is 45.1 Å². The molecule has 440 valence electrons. The van der Waals surface area contributed by atoms with E-state index in [1.165, 1.54) is 141 Å². The van der Waals surface area contributed by atoms with Crippen molar-refractivity contribution in [2.45, 2.75) is 252 Å². The number of rotatable bonds is 48. The number of carbonyl (C=O) groups is 4. The summed E-state index contributed by atoms with van der Waals surface area (Å²) in [5.74, 6) is -1.43. The number of unbranched alkanes of at least 4 members (excludes halogenated alkanes) is 28. The number of phosphoric acid groups is 1. The van der Waals surface area contributed by atoms with Crippen molar-refractivity contribution in [3.63, 3.8) is 0 Å². The number of alkyl carbamates (subject to hydrolysis) is 1. The topological polar surface area (TPSA) is 187 Å². The Kier molecular flexibility index (Phi) is 39.2. The van der Waals surface area contributed by atoms with Gasteiger partial charge in [-0.15, -0.1) is 0 Å². The number of ether oxygens (including phenoxy) is 3.